The summed E-state index contributed by atoms with van der Waals surface area (Å²) in [4.78, 5) is 37.7. The number of fused-ring (bicyclic) bond motifs is 1. The van der Waals surface area contributed by atoms with E-state index in [4.69, 9.17) is 0 Å². The van der Waals surface area contributed by atoms with Crippen LogP contribution < -0.4 is 0 Å². The van der Waals surface area contributed by atoms with Gasteiger partial charge < -0.3 is 14.8 Å². The van der Waals surface area contributed by atoms with E-state index in [-0.39, 0.29) is 11.8 Å². The zero-order valence-corrected chi connectivity index (χ0v) is 23.8. The first kappa shape index (κ1) is 26.0. The lowest BCUT2D eigenvalue weighted by Gasteiger charge is -2.34. The normalized spacial score (nSPS) is 17.2. The van der Waals surface area contributed by atoms with Gasteiger partial charge in [-0.05, 0) is 76.3 Å². The molecule has 37 heavy (non-hydrogen) atoms. The van der Waals surface area contributed by atoms with E-state index in [1.165, 1.54) is 33.3 Å². The number of carbonyl (C=O) groups excluding carboxylic acids is 2. The fraction of sp³-hybridized carbons (Fsp3) is 0.533. The van der Waals surface area contributed by atoms with E-state index < -0.39 is 5.41 Å². The molecule has 2 amide bonds. The van der Waals surface area contributed by atoms with Crippen LogP contribution >= 0.6 is 11.3 Å². The summed E-state index contributed by atoms with van der Waals surface area (Å²) in [5.74, 6) is 0.411. The van der Waals surface area contributed by atoms with Gasteiger partial charge in [-0.2, -0.15) is 0 Å². The molecule has 0 aliphatic carbocycles. The van der Waals surface area contributed by atoms with Gasteiger partial charge in [-0.25, -0.2) is 0 Å². The smallest absolute Gasteiger partial charge is 0.233 e. The van der Waals surface area contributed by atoms with Crippen LogP contribution in [0.1, 0.15) is 55.2 Å². The number of likely N-dealkylation sites (tertiary alicyclic amines) is 1. The van der Waals surface area contributed by atoms with E-state index in [0.717, 1.165) is 74.8 Å². The van der Waals surface area contributed by atoms with Crippen molar-refractivity contribution in [2.45, 2.75) is 59.3 Å². The molecule has 0 unspecified atom stereocenters. The number of piperazine rings is 1. The number of nitrogens with one attached hydrogen (secondary N) is 1. The van der Waals surface area contributed by atoms with Crippen LogP contribution in [0.5, 0.6) is 0 Å². The van der Waals surface area contributed by atoms with E-state index in [1.807, 2.05) is 9.80 Å². The molecule has 1 N–H and O–H groups in total. The predicted octanol–water partition coefficient (Wildman–Crippen LogP) is 5.12. The first-order chi connectivity index (χ1) is 17.6. The van der Waals surface area contributed by atoms with Gasteiger partial charge in [0.25, 0.3) is 0 Å². The Morgan fingerprint density at radius 2 is 1.57 bits per heavy atom. The number of carbonyl (C=O) groups is 2. The van der Waals surface area contributed by atoms with Crippen molar-refractivity contribution in [3.8, 4) is 11.3 Å². The maximum Gasteiger partial charge on any atom is 0.233 e. The number of nitrogens with zero attached hydrogens (tertiary/aromatic N) is 3. The maximum atomic E-state index is 13.4. The molecule has 3 aromatic rings. The highest BCUT2D eigenvalue weighted by Gasteiger charge is 2.37. The van der Waals surface area contributed by atoms with Crippen LogP contribution in [0.2, 0.25) is 0 Å². The molecule has 1 aromatic carbocycles. The van der Waals surface area contributed by atoms with Crippen molar-refractivity contribution in [1.29, 1.82) is 0 Å². The summed E-state index contributed by atoms with van der Waals surface area (Å²) in [5.41, 5.74) is 5.75. The molecule has 4 heterocycles. The van der Waals surface area contributed by atoms with Gasteiger partial charge in [-0.1, -0.05) is 17.2 Å². The second kappa shape index (κ2) is 10.3. The molecule has 6 nitrogen and oxygen atoms in total. The van der Waals surface area contributed by atoms with Crippen LogP contribution in [0.25, 0.3) is 21.5 Å². The average molecular weight is 521 g/mol. The number of amides is 2. The Kier molecular flexibility index (Phi) is 7.20. The van der Waals surface area contributed by atoms with E-state index in [0.29, 0.717) is 0 Å². The summed E-state index contributed by atoms with van der Waals surface area (Å²) < 4.78 is 0. The van der Waals surface area contributed by atoms with Crippen molar-refractivity contribution in [2.75, 3.05) is 45.8 Å². The second-order valence-electron chi connectivity index (χ2n) is 11.4. The molecule has 2 aliphatic rings. The lowest BCUT2D eigenvalue weighted by molar-refractivity contribution is -0.135. The summed E-state index contributed by atoms with van der Waals surface area (Å²) in [7, 11) is 0. The highest BCUT2D eigenvalue weighted by Crippen LogP contribution is 2.41. The molecule has 0 saturated carbocycles. The molecular weight excluding hydrogens is 480 g/mol. The van der Waals surface area contributed by atoms with Gasteiger partial charge in [0, 0.05) is 63.0 Å². The van der Waals surface area contributed by atoms with Crippen molar-refractivity contribution >= 4 is 33.4 Å². The molecule has 0 atom stereocenters. The summed E-state index contributed by atoms with van der Waals surface area (Å²) in [5, 5.41) is 1.25. The Balaban J connectivity index is 1.47. The molecule has 2 fully saturated rings. The van der Waals surface area contributed by atoms with E-state index in [1.54, 1.807) is 18.3 Å². The number of aryl methyl sites for hydroxylation is 2. The molecule has 0 bridgehead atoms. The van der Waals surface area contributed by atoms with Crippen molar-refractivity contribution in [1.82, 2.24) is 19.7 Å². The topological polar surface area (TPSA) is 59.7 Å². The van der Waals surface area contributed by atoms with Crippen molar-refractivity contribution in [3.05, 3.63) is 45.8 Å². The Morgan fingerprint density at radius 1 is 0.919 bits per heavy atom. The van der Waals surface area contributed by atoms with Gasteiger partial charge >= 0.3 is 0 Å². The van der Waals surface area contributed by atoms with Crippen LogP contribution in [0.3, 0.4) is 0 Å². The Labute approximate surface area is 224 Å². The lowest BCUT2D eigenvalue weighted by atomic mass is 9.89. The number of benzene rings is 1. The molecule has 0 spiro atoms. The van der Waals surface area contributed by atoms with Crippen LogP contribution in [-0.4, -0.2) is 77.3 Å². The highest BCUT2D eigenvalue weighted by molar-refractivity contribution is 7.19. The zero-order valence-electron chi connectivity index (χ0n) is 22.9. The molecule has 2 aliphatic heterocycles. The Bertz CT molecular complexity index is 1290. The number of aromatic amines is 1. The van der Waals surface area contributed by atoms with Crippen LogP contribution in [-0.2, 0) is 21.4 Å². The minimum atomic E-state index is -0.532. The molecule has 5 rings (SSSR count). The van der Waals surface area contributed by atoms with Gasteiger partial charge in [0.2, 0.25) is 11.8 Å². The van der Waals surface area contributed by atoms with E-state index in [9.17, 15) is 9.59 Å². The molecular formula is C30H40N4O2S. The second-order valence-corrected chi connectivity index (χ2v) is 12.5. The van der Waals surface area contributed by atoms with Gasteiger partial charge in [0.05, 0.1) is 11.1 Å². The summed E-state index contributed by atoms with van der Waals surface area (Å²) in [6, 6.07) is 9.02. The quantitative estimate of drug-likeness (QED) is 0.491. The number of hydrogen-bond donors (Lipinski definition) is 1. The van der Waals surface area contributed by atoms with Gasteiger partial charge in [0.15, 0.2) is 0 Å². The molecule has 2 saturated heterocycles. The van der Waals surface area contributed by atoms with Gasteiger partial charge in [-0.3, -0.25) is 14.5 Å². The third-order valence-electron chi connectivity index (χ3n) is 8.15. The number of hydrogen-bond acceptors (Lipinski definition) is 4. The fourth-order valence-corrected chi connectivity index (χ4v) is 7.13. The van der Waals surface area contributed by atoms with Crippen LogP contribution in [0.15, 0.2) is 24.3 Å². The first-order valence-corrected chi connectivity index (χ1v) is 14.5. The summed E-state index contributed by atoms with van der Waals surface area (Å²) in [6.07, 6.45) is 3.15. The summed E-state index contributed by atoms with van der Waals surface area (Å²) in [6.45, 7) is 16.3. The lowest BCUT2D eigenvalue weighted by Crippen LogP contribution is -2.48. The van der Waals surface area contributed by atoms with Gasteiger partial charge in [-0.15, -0.1) is 11.3 Å². The van der Waals surface area contributed by atoms with E-state index >= 15 is 0 Å². The maximum absolute atomic E-state index is 13.4. The van der Waals surface area contributed by atoms with E-state index in [2.05, 4.69) is 61.8 Å². The third-order valence-corrected chi connectivity index (χ3v) is 9.52. The minimum absolute atomic E-state index is 0.168. The van der Waals surface area contributed by atoms with Crippen molar-refractivity contribution < 1.29 is 9.59 Å². The molecule has 2 aromatic heterocycles. The Morgan fingerprint density at radius 3 is 2.19 bits per heavy atom. The zero-order chi connectivity index (χ0) is 26.3. The number of H-pyrrole nitrogens is 1. The fourth-order valence-electron chi connectivity index (χ4n) is 5.94. The standard InChI is InChI=1S/C30H40N4O2S/c1-20-16-21(2)18-23(17-20)27-24(8-11-32-12-14-33(15-13-32)22(3)35)25-19-26(37-28(25)31-27)30(4,5)29(36)34-9-6-7-10-34/h16-19,31H,6-15H2,1-5H3. The van der Waals surface area contributed by atoms with Gasteiger partial charge in [0.1, 0.15) is 4.83 Å². The number of thiophene rings is 1. The molecule has 0 radical (unpaired) electrons. The van der Waals surface area contributed by atoms with Crippen LogP contribution in [0, 0.1) is 13.8 Å². The minimum Gasteiger partial charge on any atom is -0.346 e. The average Bonchev–Trinajstić information content (AvgIpc) is 3.59. The van der Waals surface area contributed by atoms with Crippen molar-refractivity contribution in [2.24, 2.45) is 0 Å². The highest BCUT2D eigenvalue weighted by atomic mass is 32.1. The SMILES string of the molecule is CC(=O)N1CCN(CCc2c(-c3cc(C)cc(C)c3)[nH]c3sc(C(C)(C)C(=O)N4CCCC4)cc23)CC1. The number of rotatable bonds is 6. The summed E-state index contributed by atoms with van der Waals surface area (Å²) >= 11 is 1.73. The third kappa shape index (κ3) is 5.21. The predicted molar refractivity (Wildman–Crippen MR) is 152 cm³/mol. The monoisotopic (exact) mass is 520 g/mol. The van der Waals surface area contributed by atoms with Crippen LogP contribution in [0.4, 0.5) is 0 Å². The molecule has 198 valence electrons. The molecule has 7 heteroatoms. The number of aromatic nitrogens is 1. The first-order valence-electron chi connectivity index (χ1n) is 13.6. The Hall–Kier alpha value is -2.64. The largest absolute Gasteiger partial charge is 0.346 e. The van der Waals surface area contributed by atoms with Crippen molar-refractivity contribution in [3.63, 3.8) is 0 Å².